The van der Waals surface area contributed by atoms with Gasteiger partial charge in [-0.05, 0) is 37.6 Å². The molecule has 10 heteroatoms. The quantitative estimate of drug-likeness (QED) is 0.267. The predicted molar refractivity (Wildman–Crippen MR) is 108 cm³/mol. The standard InChI is InChI=1S/C18H17Cl2N5O3/c1-11-8-13(24(12(2)26)7-3-6-21)4-5-17(11)22-23-18-15(19)9-14(25(27)28)10-16(18)20/h4-5,8-10,12,26H,3,7H2,1-2H3. The second-order valence-corrected chi connectivity index (χ2v) is 6.73. The van der Waals surface area contributed by atoms with Gasteiger partial charge in [0.25, 0.3) is 5.69 Å². The van der Waals surface area contributed by atoms with Gasteiger partial charge in [-0.25, -0.2) is 0 Å². The molecule has 0 radical (unpaired) electrons. The summed E-state index contributed by atoms with van der Waals surface area (Å²) in [5.41, 5.74) is 1.97. The van der Waals surface area contributed by atoms with Crippen molar-refractivity contribution in [3.63, 3.8) is 0 Å². The normalized spacial score (nSPS) is 12.0. The number of anilines is 1. The van der Waals surface area contributed by atoms with Crippen LogP contribution in [0.25, 0.3) is 0 Å². The number of aryl methyl sites for hydroxylation is 1. The molecule has 0 spiro atoms. The maximum Gasteiger partial charge on any atom is 0.272 e. The largest absolute Gasteiger partial charge is 0.374 e. The summed E-state index contributed by atoms with van der Waals surface area (Å²) >= 11 is 12.1. The van der Waals surface area contributed by atoms with Crippen LogP contribution in [0.2, 0.25) is 10.0 Å². The van der Waals surface area contributed by atoms with Gasteiger partial charge in [-0.15, -0.1) is 5.11 Å². The number of nitrogens with zero attached hydrogens (tertiary/aromatic N) is 5. The second kappa shape index (κ2) is 9.46. The molecule has 0 fully saturated rings. The second-order valence-electron chi connectivity index (χ2n) is 5.92. The molecule has 146 valence electrons. The average molecular weight is 422 g/mol. The van der Waals surface area contributed by atoms with Crippen molar-refractivity contribution < 1.29 is 10.0 Å². The van der Waals surface area contributed by atoms with Crippen LogP contribution in [0.5, 0.6) is 0 Å². The van der Waals surface area contributed by atoms with Gasteiger partial charge in [0.15, 0.2) is 0 Å². The molecule has 1 N–H and O–H groups in total. The van der Waals surface area contributed by atoms with Crippen molar-refractivity contribution in [2.24, 2.45) is 10.2 Å². The minimum Gasteiger partial charge on any atom is -0.374 e. The van der Waals surface area contributed by atoms with E-state index in [0.29, 0.717) is 12.2 Å². The fraction of sp³-hybridized carbons (Fsp3) is 0.278. The molecular formula is C18H17Cl2N5O3. The first-order valence-electron chi connectivity index (χ1n) is 8.22. The Morgan fingerprint density at radius 3 is 2.43 bits per heavy atom. The number of benzene rings is 2. The first kappa shape index (κ1) is 21.6. The Kier molecular flexibility index (Phi) is 7.29. The summed E-state index contributed by atoms with van der Waals surface area (Å²) in [4.78, 5) is 11.9. The highest BCUT2D eigenvalue weighted by Crippen LogP contribution is 2.38. The number of aliphatic hydroxyl groups excluding tert-OH is 1. The molecule has 0 aromatic heterocycles. The summed E-state index contributed by atoms with van der Waals surface area (Å²) in [5, 5.41) is 37.7. The van der Waals surface area contributed by atoms with E-state index in [1.807, 2.05) is 13.0 Å². The van der Waals surface area contributed by atoms with E-state index in [1.165, 1.54) is 0 Å². The van der Waals surface area contributed by atoms with Crippen molar-refractivity contribution in [1.82, 2.24) is 0 Å². The Bertz CT molecular complexity index is 934. The summed E-state index contributed by atoms with van der Waals surface area (Å²) in [5.74, 6) is 0. The number of aliphatic hydroxyl groups is 1. The predicted octanol–water partition coefficient (Wildman–Crippen LogP) is 5.68. The zero-order chi connectivity index (χ0) is 20.8. The number of nitriles is 1. The Hall–Kier alpha value is -2.73. The highest BCUT2D eigenvalue weighted by atomic mass is 35.5. The van der Waals surface area contributed by atoms with Gasteiger partial charge in [0.05, 0.1) is 33.1 Å². The van der Waals surface area contributed by atoms with E-state index in [9.17, 15) is 15.2 Å². The number of nitro benzene ring substituents is 1. The van der Waals surface area contributed by atoms with Crippen LogP contribution in [0.1, 0.15) is 18.9 Å². The zero-order valence-electron chi connectivity index (χ0n) is 15.1. The van der Waals surface area contributed by atoms with E-state index < -0.39 is 11.2 Å². The number of hydrogen-bond acceptors (Lipinski definition) is 7. The SMILES string of the molecule is Cc1cc(N(CCC#N)C(C)O)ccc1N=Nc1c(Cl)cc([N+](=O)[O-])cc1Cl. The van der Waals surface area contributed by atoms with Gasteiger partial charge >= 0.3 is 0 Å². The number of non-ortho nitro benzene ring substituents is 1. The van der Waals surface area contributed by atoms with Crippen molar-refractivity contribution in [3.8, 4) is 6.07 Å². The zero-order valence-corrected chi connectivity index (χ0v) is 16.6. The fourth-order valence-corrected chi connectivity index (χ4v) is 3.04. The molecule has 0 aliphatic carbocycles. The molecular weight excluding hydrogens is 405 g/mol. The van der Waals surface area contributed by atoms with Crippen molar-refractivity contribution in [2.45, 2.75) is 26.5 Å². The van der Waals surface area contributed by atoms with E-state index >= 15 is 0 Å². The molecule has 0 heterocycles. The molecule has 2 rings (SSSR count). The van der Waals surface area contributed by atoms with E-state index in [0.717, 1.165) is 23.4 Å². The summed E-state index contributed by atoms with van der Waals surface area (Å²) in [6.07, 6.45) is -0.472. The molecule has 0 saturated heterocycles. The van der Waals surface area contributed by atoms with Gasteiger partial charge in [0, 0.05) is 24.4 Å². The highest BCUT2D eigenvalue weighted by molar-refractivity contribution is 6.39. The van der Waals surface area contributed by atoms with Crippen LogP contribution in [0.15, 0.2) is 40.6 Å². The van der Waals surface area contributed by atoms with Gasteiger partial charge < -0.3 is 10.0 Å². The Balaban J connectivity index is 2.31. The lowest BCUT2D eigenvalue weighted by Crippen LogP contribution is -2.33. The number of nitro groups is 1. The lowest BCUT2D eigenvalue weighted by atomic mass is 10.1. The topological polar surface area (TPSA) is 115 Å². The first-order chi connectivity index (χ1) is 13.2. The molecule has 2 aromatic rings. The Morgan fingerprint density at radius 2 is 1.93 bits per heavy atom. The van der Waals surface area contributed by atoms with Gasteiger partial charge in [0.2, 0.25) is 0 Å². The van der Waals surface area contributed by atoms with Crippen LogP contribution >= 0.6 is 23.2 Å². The molecule has 0 bridgehead atoms. The van der Waals surface area contributed by atoms with Crippen LogP contribution in [0.4, 0.5) is 22.7 Å². The van der Waals surface area contributed by atoms with Crippen molar-refractivity contribution in [3.05, 3.63) is 56.1 Å². The molecule has 0 aliphatic rings. The molecule has 0 amide bonds. The Morgan fingerprint density at radius 1 is 1.29 bits per heavy atom. The lowest BCUT2D eigenvalue weighted by Gasteiger charge is -2.27. The Labute approximate surface area is 171 Å². The van der Waals surface area contributed by atoms with Crippen molar-refractivity contribution in [1.29, 1.82) is 5.26 Å². The third kappa shape index (κ3) is 5.16. The van der Waals surface area contributed by atoms with Crippen LogP contribution in [-0.2, 0) is 0 Å². The maximum absolute atomic E-state index is 10.8. The summed E-state index contributed by atoms with van der Waals surface area (Å²) in [6, 6.07) is 9.66. The molecule has 28 heavy (non-hydrogen) atoms. The fourth-order valence-electron chi connectivity index (χ4n) is 2.49. The van der Waals surface area contributed by atoms with Crippen molar-refractivity contribution in [2.75, 3.05) is 11.4 Å². The number of azo groups is 1. The molecule has 1 unspecified atom stereocenters. The summed E-state index contributed by atoms with van der Waals surface area (Å²) < 4.78 is 0. The van der Waals surface area contributed by atoms with Gasteiger partial charge in [-0.3, -0.25) is 10.1 Å². The van der Waals surface area contributed by atoms with Gasteiger partial charge in [0.1, 0.15) is 11.9 Å². The third-order valence-electron chi connectivity index (χ3n) is 3.90. The number of halogens is 2. The minimum atomic E-state index is -0.752. The van der Waals surface area contributed by atoms with Crippen LogP contribution in [-0.4, -0.2) is 22.8 Å². The maximum atomic E-state index is 10.8. The third-order valence-corrected chi connectivity index (χ3v) is 4.47. The van der Waals surface area contributed by atoms with Crippen LogP contribution < -0.4 is 4.90 Å². The summed E-state index contributed by atoms with van der Waals surface area (Å²) in [6.45, 7) is 3.84. The first-order valence-corrected chi connectivity index (χ1v) is 8.97. The van der Waals surface area contributed by atoms with E-state index in [-0.39, 0.29) is 27.8 Å². The molecule has 8 nitrogen and oxygen atoms in total. The van der Waals surface area contributed by atoms with E-state index in [4.69, 9.17) is 28.5 Å². The van der Waals surface area contributed by atoms with E-state index in [1.54, 1.807) is 24.0 Å². The molecule has 2 aromatic carbocycles. The van der Waals surface area contributed by atoms with Crippen LogP contribution in [0, 0.1) is 28.4 Å². The van der Waals surface area contributed by atoms with Crippen LogP contribution in [0.3, 0.4) is 0 Å². The molecule has 1 atom stereocenters. The minimum absolute atomic E-state index is 0.0222. The summed E-state index contributed by atoms with van der Waals surface area (Å²) in [7, 11) is 0. The smallest absolute Gasteiger partial charge is 0.272 e. The molecule has 0 saturated carbocycles. The van der Waals surface area contributed by atoms with Crippen molar-refractivity contribution >= 4 is 46.0 Å². The van der Waals surface area contributed by atoms with Gasteiger partial charge in [-0.1, -0.05) is 23.2 Å². The number of rotatable bonds is 7. The monoisotopic (exact) mass is 421 g/mol. The number of hydrogen-bond donors (Lipinski definition) is 1. The highest BCUT2D eigenvalue weighted by Gasteiger charge is 2.15. The molecule has 0 aliphatic heterocycles. The van der Waals surface area contributed by atoms with Gasteiger partial charge in [-0.2, -0.15) is 10.4 Å². The lowest BCUT2D eigenvalue weighted by molar-refractivity contribution is -0.384. The van der Waals surface area contributed by atoms with E-state index in [2.05, 4.69) is 16.3 Å². The average Bonchev–Trinajstić information content (AvgIpc) is 2.62.